The van der Waals surface area contributed by atoms with Gasteiger partial charge in [-0.05, 0) is 29.7 Å². The van der Waals surface area contributed by atoms with Crippen LogP contribution in [0.25, 0.3) is 0 Å². The van der Waals surface area contributed by atoms with Crippen LogP contribution in [0.15, 0.2) is 18.2 Å². The second-order valence-electron chi connectivity index (χ2n) is 6.99. The molecule has 0 amide bonds. The highest BCUT2D eigenvalue weighted by molar-refractivity contribution is 9.08. The lowest BCUT2D eigenvalue weighted by Gasteiger charge is -2.09. The van der Waals surface area contributed by atoms with Gasteiger partial charge in [-0.3, -0.25) is 0 Å². The van der Waals surface area contributed by atoms with Crippen molar-refractivity contribution in [2.45, 2.75) is 94.6 Å². The van der Waals surface area contributed by atoms with Crippen molar-refractivity contribution in [2.24, 2.45) is 0 Å². The van der Waals surface area contributed by atoms with Gasteiger partial charge in [0.1, 0.15) is 5.75 Å². The Hall–Kier alpha value is -0.0200. The van der Waals surface area contributed by atoms with Crippen LogP contribution in [0.5, 0.6) is 5.75 Å². The van der Waals surface area contributed by atoms with Gasteiger partial charge in [0.25, 0.3) is 0 Å². The maximum atomic E-state index is 5.94. The zero-order valence-electron chi connectivity index (χ0n) is 16.0. The van der Waals surface area contributed by atoms with E-state index in [1.54, 1.807) is 0 Å². The second-order valence-corrected chi connectivity index (χ2v) is 8.11. The Balaban J connectivity index is 1.97. The van der Waals surface area contributed by atoms with E-state index in [1.807, 2.05) is 0 Å². The number of hydrogen-bond acceptors (Lipinski definition) is 1. The largest absolute Gasteiger partial charge is 0.494 e. The van der Waals surface area contributed by atoms with Crippen molar-refractivity contribution in [3.8, 4) is 5.75 Å². The standard InChI is InChI=1S/C22H36Br2O/c1-2-3-4-5-6-7-8-9-10-11-12-13-14-25-22-16-20(18-23)15-21(17-22)19-24/h15-17H,2-14,18-19H2,1H3. The molecule has 1 aromatic rings. The summed E-state index contributed by atoms with van der Waals surface area (Å²) in [6.45, 7) is 3.12. The maximum Gasteiger partial charge on any atom is 0.119 e. The average Bonchev–Trinajstić information content (AvgIpc) is 2.65. The van der Waals surface area contributed by atoms with Crippen LogP contribution in [-0.4, -0.2) is 6.61 Å². The van der Waals surface area contributed by atoms with E-state index in [9.17, 15) is 0 Å². The molecule has 0 N–H and O–H groups in total. The van der Waals surface area contributed by atoms with E-state index in [1.165, 1.54) is 88.2 Å². The van der Waals surface area contributed by atoms with Gasteiger partial charge in [0.15, 0.2) is 0 Å². The lowest BCUT2D eigenvalue weighted by Crippen LogP contribution is -1.98. The zero-order chi connectivity index (χ0) is 18.2. The first kappa shape index (κ1) is 23.0. The van der Waals surface area contributed by atoms with Crippen molar-refractivity contribution in [1.29, 1.82) is 0 Å². The predicted molar refractivity (Wildman–Crippen MR) is 118 cm³/mol. The van der Waals surface area contributed by atoms with Crippen LogP contribution in [0.4, 0.5) is 0 Å². The fourth-order valence-corrected chi connectivity index (χ4v) is 3.75. The molecule has 0 bridgehead atoms. The summed E-state index contributed by atoms with van der Waals surface area (Å²) in [5.41, 5.74) is 2.56. The molecule has 0 aliphatic rings. The van der Waals surface area contributed by atoms with Crippen LogP contribution in [-0.2, 0) is 10.7 Å². The van der Waals surface area contributed by atoms with E-state index in [-0.39, 0.29) is 0 Å². The smallest absolute Gasteiger partial charge is 0.119 e. The Bertz CT molecular complexity index is 412. The minimum atomic E-state index is 0.838. The van der Waals surface area contributed by atoms with E-state index in [2.05, 4.69) is 57.0 Å². The quantitative estimate of drug-likeness (QED) is 0.172. The van der Waals surface area contributed by atoms with Crippen LogP contribution in [0.3, 0.4) is 0 Å². The Morgan fingerprint density at radius 3 is 1.52 bits per heavy atom. The summed E-state index contributed by atoms with van der Waals surface area (Å²) in [4.78, 5) is 0. The number of rotatable bonds is 16. The lowest BCUT2D eigenvalue weighted by atomic mass is 10.1. The highest BCUT2D eigenvalue weighted by atomic mass is 79.9. The van der Waals surface area contributed by atoms with Crippen LogP contribution in [0.2, 0.25) is 0 Å². The predicted octanol–water partition coefficient (Wildman–Crippen LogP) is 8.56. The van der Waals surface area contributed by atoms with Crippen molar-refractivity contribution in [2.75, 3.05) is 6.61 Å². The van der Waals surface area contributed by atoms with E-state index in [4.69, 9.17) is 4.74 Å². The summed E-state index contributed by atoms with van der Waals surface area (Å²) < 4.78 is 5.94. The molecule has 3 heteroatoms. The lowest BCUT2D eigenvalue weighted by molar-refractivity contribution is 0.304. The molecule has 1 rings (SSSR count). The molecule has 144 valence electrons. The normalized spacial score (nSPS) is 11.0. The first-order chi connectivity index (χ1) is 12.3. The summed E-state index contributed by atoms with van der Waals surface area (Å²) in [7, 11) is 0. The first-order valence-electron chi connectivity index (χ1n) is 10.2. The molecule has 0 saturated heterocycles. The number of hydrogen-bond donors (Lipinski definition) is 0. The average molecular weight is 476 g/mol. The Kier molecular flexibility index (Phi) is 14.9. The Labute approximate surface area is 172 Å². The van der Waals surface area contributed by atoms with Crippen LogP contribution >= 0.6 is 31.9 Å². The molecular formula is C22H36Br2O. The minimum absolute atomic E-state index is 0.838. The van der Waals surface area contributed by atoms with Gasteiger partial charge in [-0.2, -0.15) is 0 Å². The number of benzene rings is 1. The first-order valence-corrected chi connectivity index (χ1v) is 12.4. The molecule has 0 spiro atoms. The number of halogens is 2. The monoisotopic (exact) mass is 474 g/mol. The van der Waals surface area contributed by atoms with Crippen molar-refractivity contribution < 1.29 is 4.74 Å². The zero-order valence-corrected chi connectivity index (χ0v) is 19.2. The SMILES string of the molecule is CCCCCCCCCCCCCCOc1cc(CBr)cc(CBr)c1. The molecule has 0 heterocycles. The fourth-order valence-electron chi connectivity index (χ4n) is 3.10. The van der Waals surface area contributed by atoms with Gasteiger partial charge in [-0.1, -0.05) is 115 Å². The van der Waals surface area contributed by atoms with Gasteiger partial charge >= 0.3 is 0 Å². The molecule has 1 nitrogen and oxygen atoms in total. The van der Waals surface area contributed by atoms with Gasteiger partial charge in [-0.25, -0.2) is 0 Å². The van der Waals surface area contributed by atoms with Crippen LogP contribution < -0.4 is 4.74 Å². The second kappa shape index (κ2) is 16.2. The van der Waals surface area contributed by atoms with Crippen LogP contribution in [0, 0.1) is 0 Å². The summed E-state index contributed by atoms with van der Waals surface area (Å²) in [5, 5.41) is 1.76. The van der Waals surface area contributed by atoms with Gasteiger partial charge in [-0.15, -0.1) is 0 Å². The van der Waals surface area contributed by atoms with E-state index in [0.29, 0.717) is 0 Å². The highest BCUT2D eigenvalue weighted by Crippen LogP contribution is 2.21. The van der Waals surface area contributed by atoms with Crippen molar-refractivity contribution >= 4 is 31.9 Å². The summed E-state index contributed by atoms with van der Waals surface area (Å²) in [5.74, 6) is 1.01. The summed E-state index contributed by atoms with van der Waals surface area (Å²) >= 11 is 7.06. The number of alkyl halides is 2. The molecular weight excluding hydrogens is 440 g/mol. The highest BCUT2D eigenvalue weighted by Gasteiger charge is 2.01. The molecule has 0 atom stereocenters. The van der Waals surface area contributed by atoms with Crippen LogP contribution in [0.1, 0.15) is 95.1 Å². The van der Waals surface area contributed by atoms with Gasteiger partial charge in [0.2, 0.25) is 0 Å². The Morgan fingerprint density at radius 1 is 0.640 bits per heavy atom. The third kappa shape index (κ3) is 12.1. The molecule has 0 fully saturated rings. The molecule has 0 radical (unpaired) electrons. The fraction of sp³-hybridized carbons (Fsp3) is 0.727. The molecule has 0 aliphatic heterocycles. The van der Waals surface area contributed by atoms with Gasteiger partial charge < -0.3 is 4.74 Å². The number of ether oxygens (including phenoxy) is 1. The molecule has 0 aromatic heterocycles. The molecule has 1 aromatic carbocycles. The molecule has 0 aliphatic carbocycles. The van der Waals surface area contributed by atoms with E-state index >= 15 is 0 Å². The topological polar surface area (TPSA) is 9.23 Å². The summed E-state index contributed by atoms with van der Waals surface area (Å²) in [6.07, 6.45) is 16.6. The molecule has 0 saturated carbocycles. The Morgan fingerprint density at radius 2 is 1.08 bits per heavy atom. The third-order valence-corrected chi connectivity index (χ3v) is 5.90. The van der Waals surface area contributed by atoms with Crippen molar-refractivity contribution in [1.82, 2.24) is 0 Å². The molecule has 25 heavy (non-hydrogen) atoms. The van der Waals surface area contributed by atoms with Crippen molar-refractivity contribution in [3.63, 3.8) is 0 Å². The van der Waals surface area contributed by atoms with Gasteiger partial charge in [0, 0.05) is 10.7 Å². The summed E-state index contributed by atoms with van der Waals surface area (Å²) in [6, 6.07) is 6.49. The number of unbranched alkanes of at least 4 members (excludes halogenated alkanes) is 11. The molecule has 0 unspecified atom stereocenters. The minimum Gasteiger partial charge on any atom is -0.494 e. The van der Waals surface area contributed by atoms with Gasteiger partial charge in [0.05, 0.1) is 6.61 Å². The van der Waals surface area contributed by atoms with E-state index in [0.717, 1.165) is 23.0 Å². The third-order valence-electron chi connectivity index (χ3n) is 4.60. The van der Waals surface area contributed by atoms with E-state index < -0.39 is 0 Å². The van der Waals surface area contributed by atoms with Crippen molar-refractivity contribution in [3.05, 3.63) is 29.3 Å². The maximum absolute atomic E-state index is 5.94.